The van der Waals surface area contributed by atoms with Crippen LogP contribution >= 0.6 is 0 Å². The summed E-state index contributed by atoms with van der Waals surface area (Å²) in [6, 6.07) is 0. The molecule has 0 saturated heterocycles. The molecule has 0 atom stereocenters. The summed E-state index contributed by atoms with van der Waals surface area (Å²) in [5, 5.41) is 12.6. The molecule has 0 radical (unpaired) electrons. The Bertz CT molecular complexity index is 388. The molecule has 108 valence electrons. The molecule has 4 heterocycles. The van der Waals surface area contributed by atoms with Gasteiger partial charge in [0.15, 0.2) is 23.3 Å². The third-order valence-corrected chi connectivity index (χ3v) is 3.15. The first-order chi connectivity index (χ1) is 9.93. The van der Waals surface area contributed by atoms with Crippen molar-refractivity contribution in [1.82, 2.24) is 21.3 Å². The lowest BCUT2D eigenvalue weighted by Gasteiger charge is -2.00. The fourth-order valence-electron chi connectivity index (χ4n) is 2.23. The van der Waals surface area contributed by atoms with Crippen molar-refractivity contribution in [3.05, 3.63) is 0 Å². The van der Waals surface area contributed by atoms with Gasteiger partial charge in [0, 0.05) is 26.2 Å². The Kier molecular flexibility index (Phi) is 4.10. The first-order valence-electron chi connectivity index (χ1n) is 7.07. The second kappa shape index (κ2) is 6.36. The van der Waals surface area contributed by atoms with E-state index in [1.807, 2.05) is 0 Å². The lowest BCUT2D eigenvalue weighted by Crippen LogP contribution is -2.34. The molecule has 4 rings (SSSR count). The van der Waals surface area contributed by atoms with Crippen LogP contribution in [0.3, 0.4) is 0 Å². The number of hydrogen-bond acceptors (Lipinski definition) is 8. The molecule has 0 fully saturated rings. The Morgan fingerprint density at radius 3 is 0.850 bits per heavy atom. The SMILES string of the molecule is C1CNC(C2=NCCN2)=N1.C1CNC(C2=NCCN2)=N1. The van der Waals surface area contributed by atoms with Crippen LogP contribution in [0.2, 0.25) is 0 Å². The predicted molar refractivity (Wildman–Crippen MR) is 81.2 cm³/mol. The van der Waals surface area contributed by atoms with Gasteiger partial charge in [0.2, 0.25) is 0 Å². The van der Waals surface area contributed by atoms with Crippen LogP contribution in [0.15, 0.2) is 20.0 Å². The van der Waals surface area contributed by atoms with Crippen molar-refractivity contribution in [2.75, 3.05) is 52.4 Å². The fraction of sp³-hybridized carbons (Fsp3) is 0.667. The molecule has 0 saturated carbocycles. The maximum Gasteiger partial charge on any atom is 0.164 e. The highest BCUT2D eigenvalue weighted by Crippen LogP contribution is 1.92. The van der Waals surface area contributed by atoms with Gasteiger partial charge < -0.3 is 21.3 Å². The van der Waals surface area contributed by atoms with E-state index in [4.69, 9.17) is 0 Å². The molecular weight excluding hydrogens is 256 g/mol. The maximum atomic E-state index is 4.23. The fourth-order valence-corrected chi connectivity index (χ4v) is 2.23. The van der Waals surface area contributed by atoms with Crippen LogP contribution in [0, 0.1) is 0 Å². The largest absolute Gasteiger partial charge is 0.365 e. The van der Waals surface area contributed by atoms with E-state index in [1.54, 1.807) is 0 Å². The van der Waals surface area contributed by atoms with Crippen LogP contribution in [0.4, 0.5) is 0 Å². The summed E-state index contributed by atoms with van der Waals surface area (Å²) in [7, 11) is 0. The van der Waals surface area contributed by atoms with Crippen molar-refractivity contribution in [2.45, 2.75) is 0 Å². The van der Waals surface area contributed by atoms with Gasteiger partial charge in [-0.1, -0.05) is 0 Å². The molecule has 20 heavy (non-hydrogen) atoms. The van der Waals surface area contributed by atoms with Gasteiger partial charge in [0.25, 0.3) is 0 Å². The minimum absolute atomic E-state index is 0.885. The van der Waals surface area contributed by atoms with Crippen molar-refractivity contribution in [1.29, 1.82) is 0 Å². The molecule has 0 aliphatic carbocycles. The molecule has 0 unspecified atom stereocenters. The van der Waals surface area contributed by atoms with Gasteiger partial charge in [-0.05, 0) is 0 Å². The van der Waals surface area contributed by atoms with Gasteiger partial charge in [-0.2, -0.15) is 0 Å². The molecular formula is C12H20N8. The zero-order valence-corrected chi connectivity index (χ0v) is 11.4. The van der Waals surface area contributed by atoms with E-state index in [1.165, 1.54) is 0 Å². The van der Waals surface area contributed by atoms with Crippen LogP contribution in [-0.4, -0.2) is 75.7 Å². The normalized spacial score (nSPS) is 23.2. The lowest BCUT2D eigenvalue weighted by molar-refractivity contribution is 0.953. The second-order valence-corrected chi connectivity index (χ2v) is 4.63. The van der Waals surface area contributed by atoms with E-state index in [-0.39, 0.29) is 0 Å². The maximum absolute atomic E-state index is 4.23. The number of aliphatic imine (C=N–C) groups is 4. The Morgan fingerprint density at radius 1 is 0.450 bits per heavy atom. The highest BCUT2D eigenvalue weighted by molar-refractivity contribution is 6.41. The zero-order chi connectivity index (χ0) is 13.6. The molecule has 8 heteroatoms. The smallest absolute Gasteiger partial charge is 0.164 e. The van der Waals surface area contributed by atoms with Gasteiger partial charge in [-0.15, -0.1) is 0 Å². The Labute approximate surface area is 118 Å². The summed E-state index contributed by atoms with van der Waals surface area (Å²) in [5.41, 5.74) is 0. The molecule has 0 aromatic heterocycles. The van der Waals surface area contributed by atoms with E-state index in [0.717, 1.165) is 75.7 Å². The number of nitrogens with zero attached hydrogens (tertiary/aromatic N) is 4. The van der Waals surface area contributed by atoms with Gasteiger partial charge in [0.05, 0.1) is 26.2 Å². The van der Waals surface area contributed by atoms with Gasteiger partial charge in [0.1, 0.15) is 0 Å². The summed E-state index contributed by atoms with van der Waals surface area (Å²) in [6.07, 6.45) is 0. The van der Waals surface area contributed by atoms with Crippen molar-refractivity contribution in [3.8, 4) is 0 Å². The molecule has 0 aromatic rings. The molecule has 0 bridgehead atoms. The van der Waals surface area contributed by atoms with Crippen LogP contribution < -0.4 is 21.3 Å². The third kappa shape index (κ3) is 3.06. The lowest BCUT2D eigenvalue weighted by atomic mass is 10.5. The van der Waals surface area contributed by atoms with E-state index >= 15 is 0 Å². The molecule has 0 aromatic carbocycles. The van der Waals surface area contributed by atoms with E-state index in [9.17, 15) is 0 Å². The highest BCUT2D eigenvalue weighted by atomic mass is 15.2. The van der Waals surface area contributed by atoms with Gasteiger partial charge in [-0.3, -0.25) is 20.0 Å². The van der Waals surface area contributed by atoms with Gasteiger partial charge >= 0.3 is 0 Å². The summed E-state index contributed by atoms with van der Waals surface area (Å²) in [6.45, 7) is 7.36. The zero-order valence-electron chi connectivity index (χ0n) is 11.4. The Balaban J connectivity index is 0.000000121. The molecule has 0 amide bonds. The van der Waals surface area contributed by atoms with Gasteiger partial charge in [-0.25, -0.2) is 0 Å². The minimum atomic E-state index is 0.885. The molecule has 0 spiro atoms. The third-order valence-electron chi connectivity index (χ3n) is 3.15. The van der Waals surface area contributed by atoms with Crippen molar-refractivity contribution < 1.29 is 0 Å². The Morgan fingerprint density at radius 2 is 0.700 bits per heavy atom. The summed E-state index contributed by atoms with van der Waals surface area (Å²) >= 11 is 0. The number of hydrogen-bond donors (Lipinski definition) is 4. The average Bonchev–Trinajstić information content (AvgIpc) is 3.29. The van der Waals surface area contributed by atoms with Crippen molar-refractivity contribution in [3.63, 3.8) is 0 Å². The Hall–Kier alpha value is -2.12. The van der Waals surface area contributed by atoms with Crippen LogP contribution in [0.1, 0.15) is 0 Å². The predicted octanol–water partition coefficient (Wildman–Crippen LogP) is -2.02. The van der Waals surface area contributed by atoms with Crippen LogP contribution in [-0.2, 0) is 0 Å². The van der Waals surface area contributed by atoms with Crippen molar-refractivity contribution in [2.24, 2.45) is 20.0 Å². The first kappa shape index (κ1) is 12.9. The van der Waals surface area contributed by atoms with E-state index in [0.29, 0.717) is 0 Å². The van der Waals surface area contributed by atoms with E-state index in [2.05, 4.69) is 41.2 Å². The summed E-state index contributed by atoms with van der Waals surface area (Å²) < 4.78 is 0. The number of amidine groups is 4. The molecule has 4 aliphatic rings. The topological polar surface area (TPSA) is 97.6 Å². The average molecular weight is 276 g/mol. The first-order valence-corrected chi connectivity index (χ1v) is 7.07. The van der Waals surface area contributed by atoms with E-state index < -0.39 is 0 Å². The number of nitrogens with one attached hydrogen (secondary N) is 4. The van der Waals surface area contributed by atoms with Crippen LogP contribution in [0.25, 0.3) is 0 Å². The minimum Gasteiger partial charge on any atom is -0.365 e. The number of rotatable bonds is 2. The summed E-state index contributed by atoms with van der Waals surface area (Å²) in [5.74, 6) is 3.77. The van der Waals surface area contributed by atoms with Crippen LogP contribution in [0.5, 0.6) is 0 Å². The molecule has 4 N–H and O–H groups in total. The monoisotopic (exact) mass is 276 g/mol. The molecule has 8 nitrogen and oxygen atoms in total. The second-order valence-electron chi connectivity index (χ2n) is 4.63. The quantitative estimate of drug-likeness (QED) is 0.468. The van der Waals surface area contributed by atoms with Crippen molar-refractivity contribution >= 4 is 23.3 Å². The molecule has 4 aliphatic heterocycles. The standard InChI is InChI=1S/2C6H10N4/c2*1-2-8-5(7-1)6-9-3-4-10-6/h2*1-4H2,(H,7,8)(H,9,10). The highest BCUT2D eigenvalue weighted by Gasteiger charge is 2.15. The summed E-state index contributed by atoms with van der Waals surface area (Å²) in [4.78, 5) is 16.9.